The molecule has 0 atom stereocenters. The van der Waals surface area contributed by atoms with Gasteiger partial charge in [0.25, 0.3) is 0 Å². The molecule has 154 valence electrons. The lowest BCUT2D eigenvalue weighted by molar-refractivity contribution is -0.0409. The zero-order chi connectivity index (χ0) is 20.0. The third kappa shape index (κ3) is 4.76. The molecule has 1 aromatic rings. The third-order valence-electron chi connectivity index (χ3n) is 6.79. The van der Waals surface area contributed by atoms with Gasteiger partial charge in [0.15, 0.2) is 0 Å². The molecule has 4 heteroatoms. The van der Waals surface area contributed by atoms with E-state index in [-0.39, 0.29) is 23.1 Å². The van der Waals surface area contributed by atoms with Crippen LogP contribution in [0.5, 0.6) is 0 Å². The maximum atomic E-state index is 12.6. The van der Waals surface area contributed by atoms with Crippen molar-refractivity contribution < 1.29 is 19.1 Å². The Morgan fingerprint density at radius 1 is 0.679 bits per heavy atom. The van der Waals surface area contributed by atoms with Gasteiger partial charge in [0.05, 0.1) is 11.1 Å². The average Bonchev–Trinajstić information content (AvgIpc) is 2.75. The Morgan fingerprint density at radius 2 is 1.00 bits per heavy atom. The summed E-state index contributed by atoms with van der Waals surface area (Å²) >= 11 is 0. The molecule has 0 heterocycles. The molecule has 0 bridgehead atoms. The highest BCUT2D eigenvalue weighted by molar-refractivity contribution is 5.93. The normalized spacial score (nSPS) is 20.9. The van der Waals surface area contributed by atoms with Crippen LogP contribution in [0.1, 0.15) is 112 Å². The Bertz CT molecular complexity index is 605. The van der Waals surface area contributed by atoms with E-state index in [1.165, 1.54) is 12.8 Å². The molecule has 0 aromatic heterocycles. The lowest BCUT2D eigenvalue weighted by Crippen LogP contribution is -2.37. The minimum absolute atomic E-state index is 0.291. The predicted octanol–water partition coefficient (Wildman–Crippen LogP) is 6.23. The first kappa shape index (κ1) is 20.9. The van der Waals surface area contributed by atoms with E-state index < -0.39 is 0 Å². The van der Waals surface area contributed by atoms with E-state index in [0.29, 0.717) is 11.1 Å². The summed E-state index contributed by atoms with van der Waals surface area (Å²) in [6.45, 7) is 4.18. The summed E-state index contributed by atoms with van der Waals surface area (Å²) in [5.74, 6) is -0.582. The average molecular weight is 387 g/mol. The van der Waals surface area contributed by atoms with Crippen molar-refractivity contribution in [2.24, 2.45) is 0 Å². The molecule has 3 rings (SSSR count). The second-order valence-corrected chi connectivity index (χ2v) is 8.55. The van der Waals surface area contributed by atoms with Crippen LogP contribution in [0.2, 0.25) is 0 Å². The molecule has 0 unspecified atom stereocenters. The lowest BCUT2D eigenvalue weighted by Gasteiger charge is -2.36. The number of hydrogen-bond donors (Lipinski definition) is 0. The van der Waals surface area contributed by atoms with Gasteiger partial charge in [-0.3, -0.25) is 0 Å². The molecule has 0 aliphatic heterocycles. The second-order valence-electron chi connectivity index (χ2n) is 8.55. The number of rotatable bonds is 6. The summed E-state index contributed by atoms with van der Waals surface area (Å²) in [4.78, 5) is 25.3. The molecule has 0 radical (unpaired) electrons. The molecule has 4 nitrogen and oxygen atoms in total. The van der Waals surface area contributed by atoms with Crippen molar-refractivity contribution in [3.8, 4) is 0 Å². The third-order valence-corrected chi connectivity index (χ3v) is 6.79. The lowest BCUT2D eigenvalue weighted by atomic mass is 9.82. The monoisotopic (exact) mass is 386 g/mol. The quantitative estimate of drug-likeness (QED) is 0.544. The van der Waals surface area contributed by atoms with E-state index in [9.17, 15) is 9.59 Å². The molecule has 0 N–H and O–H groups in total. The van der Waals surface area contributed by atoms with Crippen LogP contribution in [0.15, 0.2) is 24.3 Å². The van der Waals surface area contributed by atoms with Gasteiger partial charge in [-0.1, -0.05) is 26.7 Å². The van der Waals surface area contributed by atoms with Gasteiger partial charge in [-0.05, 0) is 88.5 Å². The first-order valence-corrected chi connectivity index (χ1v) is 11.1. The van der Waals surface area contributed by atoms with E-state index in [4.69, 9.17) is 9.47 Å². The Kier molecular flexibility index (Phi) is 6.79. The summed E-state index contributed by atoms with van der Waals surface area (Å²) in [6, 6.07) is 6.74. The summed E-state index contributed by atoms with van der Waals surface area (Å²) in [5, 5.41) is 0. The van der Waals surface area contributed by atoms with Crippen LogP contribution >= 0.6 is 0 Å². The van der Waals surface area contributed by atoms with Gasteiger partial charge in [-0.25, -0.2) is 9.59 Å². The van der Waals surface area contributed by atoms with Gasteiger partial charge in [0.1, 0.15) is 11.2 Å². The molecule has 2 aliphatic carbocycles. The molecule has 2 saturated carbocycles. The van der Waals surface area contributed by atoms with Crippen molar-refractivity contribution in [2.45, 2.75) is 102 Å². The van der Waals surface area contributed by atoms with Crippen molar-refractivity contribution in [1.82, 2.24) is 0 Å². The molecule has 0 saturated heterocycles. The summed E-state index contributed by atoms with van der Waals surface area (Å²) in [5.41, 5.74) is 0.360. The van der Waals surface area contributed by atoms with Crippen LogP contribution in [-0.2, 0) is 9.47 Å². The minimum Gasteiger partial charge on any atom is -0.455 e. The van der Waals surface area contributed by atoms with Crippen LogP contribution in [0.3, 0.4) is 0 Å². The Morgan fingerprint density at radius 3 is 1.29 bits per heavy atom. The Balaban J connectivity index is 1.63. The van der Waals surface area contributed by atoms with Gasteiger partial charge in [-0.15, -0.1) is 0 Å². The fraction of sp³-hybridized carbons (Fsp3) is 0.667. The fourth-order valence-electron chi connectivity index (χ4n) is 4.70. The molecule has 2 fully saturated rings. The number of hydrogen-bond acceptors (Lipinski definition) is 4. The number of ether oxygens (including phenoxy) is 2. The maximum Gasteiger partial charge on any atom is 0.338 e. The van der Waals surface area contributed by atoms with Crippen LogP contribution in [0.4, 0.5) is 0 Å². The van der Waals surface area contributed by atoms with Crippen molar-refractivity contribution in [1.29, 1.82) is 0 Å². The molecule has 0 spiro atoms. The highest BCUT2D eigenvalue weighted by atomic mass is 16.6. The zero-order valence-corrected chi connectivity index (χ0v) is 17.4. The first-order chi connectivity index (χ1) is 13.5. The molecule has 2 aliphatic rings. The van der Waals surface area contributed by atoms with Gasteiger partial charge in [0, 0.05) is 0 Å². The van der Waals surface area contributed by atoms with Gasteiger partial charge >= 0.3 is 11.9 Å². The molecule has 0 amide bonds. The fourth-order valence-corrected chi connectivity index (χ4v) is 4.70. The summed E-state index contributed by atoms with van der Waals surface area (Å²) < 4.78 is 11.8. The number of carbonyl (C=O) groups is 2. The van der Waals surface area contributed by atoms with E-state index in [1.54, 1.807) is 24.3 Å². The van der Waals surface area contributed by atoms with Crippen LogP contribution in [-0.4, -0.2) is 23.1 Å². The largest absolute Gasteiger partial charge is 0.455 e. The van der Waals surface area contributed by atoms with Gasteiger partial charge < -0.3 is 9.47 Å². The van der Waals surface area contributed by atoms with Gasteiger partial charge in [-0.2, -0.15) is 0 Å². The van der Waals surface area contributed by atoms with Crippen molar-refractivity contribution in [2.75, 3.05) is 0 Å². The smallest absolute Gasteiger partial charge is 0.338 e. The second kappa shape index (κ2) is 9.11. The Labute approximate surface area is 169 Å². The highest BCUT2D eigenvalue weighted by Crippen LogP contribution is 2.36. The van der Waals surface area contributed by atoms with E-state index in [1.807, 2.05) is 0 Å². The molecular formula is C24H34O4. The van der Waals surface area contributed by atoms with E-state index in [0.717, 1.165) is 64.2 Å². The highest BCUT2D eigenvalue weighted by Gasteiger charge is 2.35. The van der Waals surface area contributed by atoms with Crippen LogP contribution in [0, 0.1) is 0 Å². The van der Waals surface area contributed by atoms with Crippen LogP contribution in [0.25, 0.3) is 0 Å². The predicted molar refractivity (Wildman–Crippen MR) is 109 cm³/mol. The minimum atomic E-state index is -0.318. The topological polar surface area (TPSA) is 52.6 Å². The number of esters is 2. The standard InChI is InChI=1S/C24H34O4/c1-3-23(15-7-5-8-16-23)27-21(25)19-11-13-20(14-12-19)22(26)28-24(4-2)17-9-6-10-18-24/h11-14H,3-10,15-18H2,1-2H3. The molecule has 1 aromatic carbocycles. The molecule has 28 heavy (non-hydrogen) atoms. The maximum absolute atomic E-state index is 12.6. The number of carbonyl (C=O) groups excluding carboxylic acids is 2. The van der Waals surface area contributed by atoms with Gasteiger partial charge in [0.2, 0.25) is 0 Å². The van der Waals surface area contributed by atoms with E-state index in [2.05, 4.69) is 13.8 Å². The van der Waals surface area contributed by atoms with Crippen molar-refractivity contribution in [3.63, 3.8) is 0 Å². The van der Waals surface area contributed by atoms with Crippen molar-refractivity contribution >= 4 is 11.9 Å². The SMILES string of the molecule is CCC1(OC(=O)c2ccc(C(=O)OC3(CC)CCCCC3)cc2)CCCCC1. The number of benzene rings is 1. The van der Waals surface area contributed by atoms with Crippen molar-refractivity contribution in [3.05, 3.63) is 35.4 Å². The van der Waals surface area contributed by atoms with Crippen LogP contribution < -0.4 is 0 Å². The van der Waals surface area contributed by atoms with E-state index >= 15 is 0 Å². The molecular weight excluding hydrogens is 352 g/mol. The first-order valence-electron chi connectivity index (χ1n) is 11.1. The Hall–Kier alpha value is -1.84. The summed E-state index contributed by atoms with van der Waals surface area (Å²) in [6.07, 6.45) is 12.4. The summed E-state index contributed by atoms with van der Waals surface area (Å²) in [7, 11) is 0. The zero-order valence-electron chi connectivity index (χ0n) is 17.4.